The number of carbonyl (C=O) groups is 2. The van der Waals surface area contributed by atoms with E-state index in [-0.39, 0.29) is 17.4 Å². The van der Waals surface area contributed by atoms with Crippen molar-refractivity contribution in [2.75, 3.05) is 11.5 Å². The number of hydrogen-bond acceptors (Lipinski definition) is 5. The number of hydrogen-bond donors (Lipinski definition) is 1. The normalized spacial score (nSPS) is 17.1. The molecule has 0 radical (unpaired) electrons. The van der Waals surface area contributed by atoms with Crippen LogP contribution in [0.5, 0.6) is 11.5 Å². The lowest BCUT2D eigenvalue weighted by molar-refractivity contribution is -0.132. The number of rotatable bonds is 8. The van der Waals surface area contributed by atoms with Crippen LogP contribution in [0.2, 0.25) is 0 Å². The predicted molar refractivity (Wildman–Crippen MR) is 145 cm³/mol. The van der Waals surface area contributed by atoms with Crippen molar-refractivity contribution in [2.45, 2.75) is 46.8 Å². The van der Waals surface area contributed by atoms with Gasteiger partial charge in [-0.1, -0.05) is 50.2 Å². The minimum Gasteiger partial charge on any atom is -0.507 e. The molecule has 1 fully saturated rings. The average molecular weight is 500 g/mol. The highest BCUT2D eigenvalue weighted by molar-refractivity contribution is 6.51. The van der Waals surface area contributed by atoms with Crippen LogP contribution < -0.4 is 14.4 Å². The number of aryl methyl sites for hydroxylation is 1. The number of ether oxygens (including phenoxy) is 2. The lowest BCUT2D eigenvalue weighted by atomic mass is 9.92. The lowest BCUT2D eigenvalue weighted by Gasteiger charge is -2.27. The van der Waals surface area contributed by atoms with E-state index >= 15 is 0 Å². The molecule has 6 heteroatoms. The molecule has 1 amide bonds. The quantitative estimate of drug-likeness (QED) is 0.219. The molecule has 0 aliphatic carbocycles. The molecule has 0 spiro atoms. The van der Waals surface area contributed by atoms with Gasteiger partial charge in [0.1, 0.15) is 17.3 Å². The van der Waals surface area contributed by atoms with Gasteiger partial charge in [0.15, 0.2) is 0 Å². The molecule has 6 nitrogen and oxygen atoms in total. The zero-order chi connectivity index (χ0) is 26.7. The Morgan fingerprint density at radius 1 is 0.919 bits per heavy atom. The fourth-order valence-corrected chi connectivity index (χ4v) is 4.40. The summed E-state index contributed by atoms with van der Waals surface area (Å²) in [6.45, 7) is 10.5. The number of nitrogens with zero attached hydrogens (tertiary/aromatic N) is 1. The van der Waals surface area contributed by atoms with Crippen molar-refractivity contribution in [3.8, 4) is 11.5 Å². The van der Waals surface area contributed by atoms with Gasteiger partial charge in [0.05, 0.1) is 24.3 Å². The fraction of sp³-hybridized carbons (Fsp3) is 0.290. The molecule has 1 atom stereocenters. The molecular weight excluding hydrogens is 466 g/mol. The van der Waals surface area contributed by atoms with Crippen molar-refractivity contribution in [3.05, 3.63) is 95.1 Å². The van der Waals surface area contributed by atoms with Crippen molar-refractivity contribution in [1.29, 1.82) is 0 Å². The fourth-order valence-electron chi connectivity index (χ4n) is 4.40. The second-order valence-electron chi connectivity index (χ2n) is 9.92. The first kappa shape index (κ1) is 26.0. The van der Waals surface area contributed by atoms with Crippen LogP contribution in [0, 0.1) is 12.8 Å². The zero-order valence-corrected chi connectivity index (χ0v) is 21.9. The van der Waals surface area contributed by atoms with Crippen molar-refractivity contribution >= 4 is 23.1 Å². The Labute approximate surface area is 218 Å². The van der Waals surface area contributed by atoms with E-state index in [1.165, 1.54) is 4.90 Å². The molecule has 1 saturated heterocycles. The third-order valence-corrected chi connectivity index (χ3v) is 6.10. The van der Waals surface area contributed by atoms with Gasteiger partial charge in [-0.3, -0.25) is 14.5 Å². The Kier molecular flexibility index (Phi) is 7.67. The Bertz CT molecular complexity index is 1320. The van der Waals surface area contributed by atoms with Crippen molar-refractivity contribution in [2.24, 2.45) is 5.92 Å². The highest BCUT2D eigenvalue weighted by atomic mass is 16.5. The van der Waals surface area contributed by atoms with Crippen LogP contribution in [0.3, 0.4) is 0 Å². The molecule has 0 saturated carbocycles. The maximum Gasteiger partial charge on any atom is 0.300 e. The summed E-state index contributed by atoms with van der Waals surface area (Å²) in [6, 6.07) is 20.8. The van der Waals surface area contributed by atoms with E-state index < -0.39 is 17.7 Å². The first-order chi connectivity index (χ1) is 17.7. The van der Waals surface area contributed by atoms with Crippen LogP contribution in [-0.2, 0) is 9.59 Å². The zero-order valence-electron chi connectivity index (χ0n) is 21.9. The monoisotopic (exact) mass is 499 g/mol. The number of aliphatic hydroxyl groups is 1. The summed E-state index contributed by atoms with van der Waals surface area (Å²) in [7, 11) is 0. The molecule has 0 aromatic heterocycles. The predicted octanol–water partition coefficient (Wildman–Crippen LogP) is 6.44. The summed E-state index contributed by atoms with van der Waals surface area (Å²) < 4.78 is 11.6. The van der Waals surface area contributed by atoms with E-state index in [9.17, 15) is 14.7 Å². The molecule has 4 rings (SSSR count). The van der Waals surface area contributed by atoms with Gasteiger partial charge in [0, 0.05) is 11.3 Å². The minimum atomic E-state index is -0.793. The van der Waals surface area contributed by atoms with Crippen LogP contribution in [0.15, 0.2) is 78.4 Å². The molecule has 3 aromatic rings. The number of carbonyl (C=O) groups excluding carboxylic acids is 2. The van der Waals surface area contributed by atoms with E-state index in [1.807, 2.05) is 45.0 Å². The van der Waals surface area contributed by atoms with E-state index in [4.69, 9.17) is 9.47 Å². The van der Waals surface area contributed by atoms with E-state index in [0.29, 0.717) is 35.3 Å². The van der Waals surface area contributed by atoms with Crippen molar-refractivity contribution in [1.82, 2.24) is 0 Å². The average Bonchev–Trinajstić information content (AvgIpc) is 3.12. The van der Waals surface area contributed by atoms with E-state index in [2.05, 4.69) is 13.8 Å². The van der Waals surface area contributed by atoms with Gasteiger partial charge in [-0.05, 0) is 74.2 Å². The Morgan fingerprint density at radius 3 is 2.27 bits per heavy atom. The largest absolute Gasteiger partial charge is 0.507 e. The third-order valence-electron chi connectivity index (χ3n) is 6.10. The summed E-state index contributed by atoms with van der Waals surface area (Å²) in [5.41, 5.74) is 2.66. The van der Waals surface area contributed by atoms with Gasteiger partial charge in [0.25, 0.3) is 11.7 Å². The second kappa shape index (κ2) is 10.9. The standard InChI is InChI=1S/C31H33NO5/c1-19(2)18-36-24-15-13-23(14-16-24)32-28(26-12-7-6-9-21(26)5)27(30(34)31(32)35)29(33)22-10-8-11-25(17-22)37-20(3)4/h6-17,19-20,28,33H,18H2,1-5H3/b29-27+. The molecular formula is C31H33NO5. The molecule has 1 heterocycles. The maximum absolute atomic E-state index is 13.4. The topological polar surface area (TPSA) is 76.1 Å². The smallest absolute Gasteiger partial charge is 0.300 e. The molecule has 1 aliphatic rings. The first-order valence-corrected chi connectivity index (χ1v) is 12.5. The summed E-state index contributed by atoms with van der Waals surface area (Å²) in [5, 5.41) is 11.4. The summed E-state index contributed by atoms with van der Waals surface area (Å²) in [4.78, 5) is 28.3. The van der Waals surface area contributed by atoms with Gasteiger partial charge in [0.2, 0.25) is 0 Å². The first-order valence-electron chi connectivity index (χ1n) is 12.5. The summed E-state index contributed by atoms with van der Waals surface area (Å²) >= 11 is 0. The molecule has 192 valence electrons. The lowest BCUT2D eigenvalue weighted by Crippen LogP contribution is -2.29. The Balaban J connectivity index is 1.83. The Morgan fingerprint density at radius 2 is 1.62 bits per heavy atom. The van der Waals surface area contributed by atoms with E-state index in [1.54, 1.807) is 48.5 Å². The number of Topliss-reactive ketones (excluding diaryl/α,β-unsaturated/α-hetero) is 1. The third kappa shape index (κ3) is 5.53. The van der Waals surface area contributed by atoms with Gasteiger partial charge < -0.3 is 14.6 Å². The SMILES string of the molecule is Cc1ccccc1C1/C(=C(\O)c2cccc(OC(C)C)c2)C(=O)C(=O)N1c1ccc(OCC(C)C)cc1. The second-order valence-corrected chi connectivity index (χ2v) is 9.92. The molecule has 1 unspecified atom stereocenters. The van der Waals surface area contributed by atoms with Crippen molar-refractivity contribution < 1.29 is 24.2 Å². The maximum atomic E-state index is 13.4. The van der Waals surface area contributed by atoms with Gasteiger partial charge >= 0.3 is 0 Å². The van der Waals surface area contributed by atoms with Gasteiger partial charge in [-0.25, -0.2) is 0 Å². The highest BCUT2D eigenvalue weighted by Crippen LogP contribution is 2.43. The molecule has 1 aliphatic heterocycles. The van der Waals surface area contributed by atoms with Crippen LogP contribution in [0.4, 0.5) is 5.69 Å². The number of anilines is 1. The molecule has 3 aromatic carbocycles. The van der Waals surface area contributed by atoms with Gasteiger partial charge in [-0.2, -0.15) is 0 Å². The number of amides is 1. The molecule has 0 bridgehead atoms. The van der Waals surface area contributed by atoms with Crippen LogP contribution in [0.1, 0.15) is 50.4 Å². The van der Waals surface area contributed by atoms with Crippen LogP contribution >= 0.6 is 0 Å². The van der Waals surface area contributed by atoms with Crippen LogP contribution in [-0.4, -0.2) is 29.5 Å². The minimum absolute atomic E-state index is 0.0427. The number of benzene rings is 3. The van der Waals surface area contributed by atoms with Crippen molar-refractivity contribution in [3.63, 3.8) is 0 Å². The molecule has 1 N–H and O–H groups in total. The summed E-state index contributed by atoms with van der Waals surface area (Å²) in [5.74, 6) is -0.0364. The number of aliphatic hydroxyl groups excluding tert-OH is 1. The number of ketones is 1. The van der Waals surface area contributed by atoms with Crippen LogP contribution in [0.25, 0.3) is 5.76 Å². The van der Waals surface area contributed by atoms with E-state index in [0.717, 1.165) is 11.1 Å². The highest BCUT2D eigenvalue weighted by Gasteiger charge is 2.47. The molecule has 37 heavy (non-hydrogen) atoms. The Hall–Kier alpha value is -4.06. The summed E-state index contributed by atoms with van der Waals surface area (Å²) in [6.07, 6.45) is -0.0533. The van der Waals surface area contributed by atoms with Gasteiger partial charge in [-0.15, -0.1) is 0 Å².